The number of carbonyl (C=O) groups excluding carboxylic acids is 2. The summed E-state index contributed by atoms with van der Waals surface area (Å²) in [6, 6.07) is 3.48. The molecule has 1 aromatic carbocycles. The maximum Gasteiger partial charge on any atom is 0.312 e. The van der Waals surface area contributed by atoms with E-state index in [4.69, 9.17) is 17.3 Å². The molecule has 0 fully saturated rings. The van der Waals surface area contributed by atoms with Gasteiger partial charge in [0.05, 0.1) is 5.02 Å². The first-order valence-corrected chi connectivity index (χ1v) is 6.65. The van der Waals surface area contributed by atoms with E-state index in [9.17, 15) is 14.0 Å². The number of carbonyl (C=O) groups is 2. The van der Waals surface area contributed by atoms with Crippen molar-refractivity contribution in [2.24, 2.45) is 5.73 Å². The first-order valence-electron chi connectivity index (χ1n) is 6.27. The minimum atomic E-state index is -0.545. The van der Waals surface area contributed by atoms with Crippen LogP contribution < -0.4 is 16.4 Å². The molecule has 0 spiro atoms. The largest absolute Gasteiger partial charge is 0.352 e. The molecule has 0 heterocycles. The maximum absolute atomic E-state index is 12.9. The number of amides is 3. The molecule has 110 valence electrons. The summed E-state index contributed by atoms with van der Waals surface area (Å²) in [6.45, 7) is 0.504. The number of nitrogens with two attached hydrogens (primary N) is 1. The molecule has 0 bridgehead atoms. The number of primary amides is 1. The number of unbranched alkanes of at least 4 members (excludes halogenated alkanes) is 2. The van der Waals surface area contributed by atoms with E-state index in [0.717, 1.165) is 12.8 Å². The molecular formula is C13H17ClFN3O2. The number of anilines is 1. The fourth-order valence-electron chi connectivity index (χ4n) is 1.60. The highest BCUT2D eigenvalue weighted by Crippen LogP contribution is 2.19. The molecule has 0 aliphatic rings. The van der Waals surface area contributed by atoms with Crippen LogP contribution in [0.3, 0.4) is 0 Å². The highest BCUT2D eigenvalue weighted by Gasteiger charge is 2.05. The lowest BCUT2D eigenvalue weighted by Crippen LogP contribution is -2.29. The van der Waals surface area contributed by atoms with E-state index in [1.807, 2.05) is 0 Å². The van der Waals surface area contributed by atoms with Crippen LogP contribution in [0.15, 0.2) is 18.2 Å². The molecule has 0 radical (unpaired) electrons. The molecule has 7 heteroatoms. The Bertz CT molecular complexity index is 483. The molecular weight excluding hydrogens is 285 g/mol. The molecule has 0 saturated carbocycles. The van der Waals surface area contributed by atoms with Crippen LogP contribution in [0.5, 0.6) is 0 Å². The summed E-state index contributed by atoms with van der Waals surface area (Å²) in [5.41, 5.74) is 5.38. The van der Waals surface area contributed by atoms with Crippen LogP contribution in [0.1, 0.15) is 25.7 Å². The molecule has 0 aliphatic carbocycles. The van der Waals surface area contributed by atoms with Gasteiger partial charge in [0, 0.05) is 18.7 Å². The van der Waals surface area contributed by atoms with Crippen LogP contribution in [0.4, 0.5) is 14.9 Å². The first kappa shape index (κ1) is 16.2. The Morgan fingerprint density at radius 1 is 1.25 bits per heavy atom. The Hall–Kier alpha value is -1.82. The zero-order chi connectivity index (χ0) is 15.0. The molecule has 1 aromatic rings. The van der Waals surface area contributed by atoms with Gasteiger partial charge in [-0.1, -0.05) is 18.0 Å². The fraction of sp³-hybridized carbons (Fsp3) is 0.385. The predicted octanol–water partition coefficient (Wildman–Crippen LogP) is 2.65. The Balaban J connectivity index is 2.20. The highest BCUT2D eigenvalue weighted by molar-refractivity contribution is 6.31. The van der Waals surface area contributed by atoms with Gasteiger partial charge in [0.1, 0.15) is 5.82 Å². The van der Waals surface area contributed by atoms with Crippen LogP contribution in [0.25, 0.3) is 0 Å². The van der Waals surface area contributed by atoms with Crippen molar-refractivity contribution in [3.63, 3.8) is 0 Å². The van der Waals surface area contributed by atoms with Crippen molar-refractivity contribution >= 4 is 29.2 Å². The number of urea groups is 1. The van der Waals surface area contributed by atoms with E-state index in [2.05, 4.69) is 10.6 Å². The molecule has 0 aliphatic heterocycles. The predicted molar refractivity (Wildman–Crippen MR) is 76.1 cm³/mol. The normalized spacial score (nSPS) is 10.1. The van der Waals surface area contributed by atoms with Crippen molar-refractivity contribution in [2.45, 2.75) is 25.7 Å². The van der Waals surface area contributed by atoms with Crippen molar-refractivity contribution in [1.82, 2.24) is 5.32 Å². The van der Waals surface area contributed by atoms with Crippen LogP contribution in [-0.2, 0) is 4.79 Å². The lowest BCUT2D eigenvalue weighted by atomic mass is 10.2. The van der Waals surface area contributed by atoms with Crippen molar-refractivity contribution in [2.75, 3.05) is 11.9 Å². The van der Waals surface area contributed by atoms with Gasteiger partial charge in [-0.2, -0.15) is 0 Å². The van der Waals surface area contributed by atoms with Gasteiger partial charge in [-0.15, -0.1) is 0 Å². The molecule has 20 heavy (non-hydrogen) atoms. The fourth-order valence-corrected chi connectivity index (χ4v) is 1.78. The number of halogens is 2. The quantitative estimate of drug-likeness (QED) is 0.676. The van der Waals surface area contributed by atoms with E-state index < -0.39 is 11.8 Å². The minimum absolute atomic E-state index is 0.0275. The van der Waals surface area contributed by atoms with Crippen molar-refractivity contribution in [3.8, 4) is 0 Å². The second kappa shape index (κ2) is 8.37. The number of hydrogen-bond donors (Lipinski definition) is 3. The van der Waals surface area contributed by atoms with Gasteiger partial charge < -0.3 is 16.4 Å². The summed E-state index contributed by atoms with van der Waals surface area (Å²) < 4.78 is 12.9. The number of rotatable bonds is 7. The lowest BCUT2D eigenvalue weighted by molar-refractivity contribution is -0.116. The van der Waals surface area contributed by atoms with Crippen molar-refractivity contribution < 1.29 is 14.0 Å². The summed E-state index contributed by atoms with van der Waals surface area (Å²) in [6.07, 6.45) is 2.61. The second-order valence-electron chi connectivity index (χ2n) is 4.28. The Morgan fingerprint density at radius 2 is 2.00 bits per heavy atom. The maximum atomic E-state index is 12.9. The summed E-state index contributed by atoms with van der Waals surface area (Å²) in [5, 5.41) is 5.08. The van der Waals surface area contributed by atoms with Gasteiger partial charge >= 0.3 is 6.03 Å². The van der Waals surface area contributed by atoms with E-state index in [1.165, 1.54) is 18.2 Å². The average Bonchev–Trinajstić information content (AvgIpc) is 2.38. The molecule has 5 nitrogen and oxygen atoms in total. The second-order valence-corrected chi connectivity index (χ2v) is 4.69. The molecule has 1 rings (SSSR count). The van der Waals surface area contributed by atoms with Gasteiger partial charge in [-0.25, -0.2) is 9.18 Å². The summed E-state index contributed by atoms with van der Waals surface area (Å²) in [4.78, 5) is 22.0. The molecule has 0 aromatic heterocycles. The van der Waals surface area contributed by atoms with E-state index in [0.29, 0.717) is 25.1 Å². The van der Waals surface area contributed by atoms with Crippen LogP contribution >= 0.6 is 11.6 Å². The van der Waals surface area contributed by atoms with E-state index >= 15 is 0 Å². The first-order chi connectivity index (χ1) is 9.49. The van der Waals surface area contributed by atoms with Crippen molar-refractivity contribution in [3.05, 3.63) is 29.0 Å². The number of nitrogens with one attached hydrogen (secondary N) is 2. The minimum Gasteiger partial charge on any atom is -0.352 e. The third-order valence-corrected chi connectivity index (χ3v) is 2.87. The molecule has 4 N–H and O–H groups in total. The highest BCUT2D eigenvalue weighted by atomic mass is 35.5. The summed E-state index contributed by atoms with van der Waals surface area (Å²) >= 11 is 5.61. The number of hydrogen-bond acceptors (Lipinski definition) is 2. The summed E-state index contributed by atoms with van der Waals surface area (Å²) in [5.74, 6) is -0.679. The third kappa shape index (κ3) is 6.38. The summed E-state index contributed by atoms with van der Waals surface area (Å²) in [7, 11) is 0. The van der Waals surface area contributed by atoms with Gasteiger partial charge in [-0.3, -0.25) is 4.79 Å². The number of benzene rings is 1. The molecule has 0 unspecified atom stereocenters. The van der Waals surface area contributed by atoms with Gasteiger partial charge in [-0.05, 0) is 31.0 Å². The zero-order valence-electron chi connectivity index (χ0n) is 10.9. The van der Waals surface area contributed by atoms with Gasteiger partial charge in [0.25, 0.3) is 0 Å². The van der Waals surface area contributed by atoms with Crippen LogP contribution in [0.2, 0.25) is 5.02 Å². The van der Waals surface area contributed by atoms with Gasteiger partial charge in [0.2, 0.25) is 5.91 Å². The van der Waals surface area contributed by atoms with Gasteiger partial charge in [0.15, 0.2) is 0 Å². The Labute approximate surface area is 121 Å². The molecule has 3 amide bonds. The molecule has 0 atom stereocenters. The third-order valence-electron chi connectivity index (χ3n) is 2.58. The molecule has 0 saturated heterocycles. The topological polar surface area (TPSA) is 84.2 Å². The van der Waals surface area contributed by atoms with Crippen LogP contribution in [-0.4, -0.2) is 18.5 Å². The Morgan fingerprint density at radius 3 is 2.65 bits per heavy atom. The Kier molecular flexibility index (Phi) is 6.79. The zero-order valence-corrected chi connectivity index (χ0v) is 11.7. The lowest BCUT2D eigenvalue weighted by Gasteiger charge is -2.06. The van der Waals surface area contributed by atoms with Crippen molar-refractivity contribution in [1.29, 1.82) is 0 Å². The average molecular weight is 302 g/mol. The smallest absolute Gasteiger partial charge is 0.312 e. The van der Waals surface area contributed by atoms with E-state index in [-0.39, 0.29) is 10.9 Å². The standard InChI is InChI=1S/C13H17ClFN3O2/c14-10-8-9(5-6-11(10)15)18-12(19)4-2-1-3-7-17-13(16)20/h5-6,8H,1-4,7H2,(H,18,19)(H3,16,17,20). The monoisotopic (exact) mass is 301 g/mol. The van der Waals surface area contributed by atoms with Crippen LogP contribution in [0, 0.1) is 5.82 Å². The van der Waals surface area contributed by atoms with E-state index in [1.54, 1.807) is 0 Å². The SMILES string of the molecule is NC(=O)NCCCCCC(=O)Nc1ccc(F)c(Cl)c1.